The topological polar surface area (TPSA) is 84.5 Å². The summed E-state index contributed by atoms with van der Waals surface area (Å²) in [7, 11) is 0. The number of esters is 1. The molecule has 2 amide bonds. The number of halogens is 1. The van der Waals surface area contributed by atoms with Crippen molar-refractivity contribution in [2.75, 3.05) is 12.4 Å². The van der Waals surface area contributed by atoms with Gasteiger partial charge in [-0.15, -0.1) is 11.8 Å². The van der Waals surface area contributed by atoms with E-state index in [0.29, 0.717) is 5.56 Å². The normalized spacial score (nSPS) is 10.2. The summed E-state index contributed by atoms with van der Waals surface area (Å²) in [6.07, 6.45) is 0. The van der Waals surface area contributed by atoms with Crippen LogP contribution >= 0.6 is 27.7 Å². The standard InChI is InChI=1S/C19H19BrN2O4S/c1-12-3-5-14(6-4-12)19(25)22-21-17(23)10-26-18(24)11-27-16-8-7-15(20)9-13(16)2/h3-9H,10-11H2,1-2H3,(H,21,23)(H,22,25). The van der Waals surface area contributed by atoms with Crippen LogP contribution in [0.1, 0.15) is 21.5 Å². The quantitative estimate of drug-likeness (QED) is 0.401. The van der Waals surface area contributed by atoms with Crippen LogP contribution < -0.4 is 10.9 Å². The average Bonchev–Trinajstić information content (AvgIpc) is 2.64. The summed E-state index contributed by atoms with van der Waals surface area (Å²) in [4.78, 5) is 36.3. The molecule has 0 aliphatic heterocycles. The second-order valence-electron chi connectivity index (χ2n) is 5.73. The van der Waals surface area contributed by atoms with Gasteiger partial charge in [-0.05, 0) is 49.7 Å². The van der Waals surface area contributed by atoms with Crippen molar-refractivity contribution >= 4 is 45.5 Å². The Hall–Kier alpha value is -2.32. The van der Waals surface area contributed by atoms with E-state index in [0.717, 1.165) is 20.5 Å². The highest BCUT2D eigenvalue weighted by Gasteiger charge is 2.11. The first-order valence-corrected chi connectivity index (χ1v) is 9.83. The predicted octanol–water partition coefficient (Wildman–Crippen LogP) is 3.16. The van der Waals surface area contributed by atoms with Gasteiger partial charge in [-0.2, -0.15) is 0 Å². The lowest BCUT2D eigenvalue weighted by Gasteiger charge is -2.09. The van der Waals surface area contributed by atoms with Gasteiger partial charge in [-0.1, -0.05) is 33.6 Å². The van der Waals surface area contributed by atoms with Gasteiger partial charge in [-0.25, -0.2) is 0 Å². The number of ether oxygens (including phenoxy) is 1. The molecule has 0 atom stereocenters. The lowest BCUT2D eigenvalue weighted by Crippen LogP contribution is -2.43. The molecule has 6 nitrogen and oxygen atoms in total. The summed E-state index contributed by atoms with van der Waals surface area (Å²) in [5, 5.41) is 0. The Balaban J connectivity index is 1.69. The molecule has 0 aliphatic rings. The number of carbonyl (C=O) groups is 3. The molecule has 0 spiro atoms. The van der Waals surface area contributed by atoms with E-state index < -0.39 is 24.4 Å². The van der Waals surface area contributed by atoms with Gasteiger partial charge >= 0.3 is 5.97 Å². The molecule has 0 fully saturated rings. The Morgan fingerprint density at radius 1 is 1.04 bits per heavy atom. The zero-order valence-electron chi connectivity index (χ0n) is 14.9. The van der Waals surface area contributed by atoms with Crippen molar-refractivity contribution in [1.29, 1.82) is 0 Å². The van der Waals surface area contributed by atoms with Crippen LogP contribution in [-0.4, -0.2) is 30.1 Å². The third-order valence-electron chi connectivity index (χ3n) is 3.48. The van der Waals surface area contributed by atoms with E-state index in [1.165, 1.54) is 11.8 Å². The summed E-state index contributed by atoms with van der Waals surface area (Å²) >= 11 is 4.72. The van der Waals surface area contributed by atoms with Gasteiger partial charge in [0.1, 0.15) is 0 Å². The SMILES string of the molecule is Cc1ccc(C(=O)NNC(=O)COC(=O)CSc2ccc(Br)cc2C)cc1. The molecule has 0 bridgehead atoms. The molecule has 0 radical (unpaired) electrons. The van der Waals surface area contributed by atoms with E-state index in [1.807, 2.05) is 32.0 Å². The zero-order valence-corrected chi connectivity index (χ0v) is 17.3. The molecule has 2 rings (SSSR count). The number of amides is 2. The predicted molar refractivity (Wildman–Crippen MR) is 107 cm³/mol. The fourth-order valence-corrected chi connectivity index (χ4v) is 3.32. The number of hydrogen-bond donors (Lipinski definition) is 2. The van der Waals surface area contributed by atoms with Crippen molar-refractivity contribution in [2.45, 2.75) is 18.7 Å². The highest BCUT2D eigenvalue weighted by Crippen LogP contribution is 2.25. The smallest absolute Gasteiger partial charge is 0.316 e. The summed E-state index contributed by atoms with van der Waals surface area (Å²) in [6, 6.07) is 12.6. The molecule has 2 N–H and O–H groups in total. The lowest BCUT2D eigenvalue weighted by atomic mass is 10.1. The molecule has 8 heteroatoms. The number of aryl methyl sites for hydroxylation is 2. The Bertz CT molecular complexity index is 840. The van der Waals surface area contributed by atoms with Crippen molar-refractivity contribution in [2.24, 2.45) is 0 Å². The van der Waals surface area contributed by atoms with Gasteiger partial charge in [-0.3, -0.25) is 25.2 Å². The molecule has 0 aliphatic carbocycles. The van der Waals surface area contributed by atoms with Crippen molar-refractivity contribution in [1.82, 2.24) is 10.9 Å². The summed E-state index contributed by atoms with van der Waals surface area (Å²) < 4.78 is 5.88. The van der Waals surface area contributed by atoms with Crippen molar-refractivity contribution in [3.63, 3.8) is 0 Å². The van der Waals surface area contributed by atoms with Crippen LogP contribution in [-0.2, 0) is 14.3 Å². The molecule has 27 heavy (non-hydrogen) atoms. The monoisotopic (exact) mass is 450 g/mol. The maximum atomic E-state index is 11.9. The van der Waals surface area contributed by atoms with Crippen molar-refractivity contribution < 1.29 is 19.1 Å². The summed E-state index contributed by atoms with van der Waals surface area (Å²) in [6.45, 7) is 3.39. The van der Waals surface area contributed by atoms with Crippen LogP contribution in [0.3, 0.4) is 0 Å². The van der Waals surface area contributed by atoms with E-state index in [1.54, 1.807) is 24.3 Å². The minimum atomic E-state index is -0.617. The highest BCUT2D eigenvalue weighted by molar-refractivity contribution is 9.10. The van der Waals surface area contributed by atoms with Gasteiger partial charge < -0.3 is 4.74 Å². The Kier molecular flexibility index (Phi) is 7.87. The van der Waals surface area contributed by atoms with Crippen LogP contribution in [0.2, 0.25) is 0 Å². The first-order valence-electron chi connectivity index (χ1n) is 8.05. The van der Waals surface area contributed by atoms with Gasteiger partial charge in [0, 0.05) is 14.9 Å². The van der Waals surface area contributed by atoms with E-state index in [4.69, 9.17) is 4.74 Å². The van der Waals surface area contributed by atoms with Crippen molar-refractivity contribution in [3.8, 4) is 0 Å². The van der Waals surface area contributed by atoms with Gasteiger partial charge in [0.15, 0.2) is 6.61 Å². The number of nitrogens with one attached hydrogen (secondary N) is 2. The summed E-state index contributed by atoms with van der Waals surface area (Å²) in [5.41, 5.74) is 6.97. The van der Waals surface area contributed by atoms with Crippen LogP contribution in [0, 0.1) is 13.8 Å². The molecule has 2 aromatic rings. The van der Waals surface area contributed by atoms with Crippen LogP contribution in [0.25, 0.3) is 0 Å². The Morgan fingerprint density at radius 3 is 2.41 bits per heavy atom. The van der Waals surface area contributed by atoms with Crippen LogP contribution in [0.4, 0.5) is 0 Å². The Labute approximate surface area is 170 Å². The Morgan fingerprint density at radius 2 is 1.74 bits per heavy atom. The fraction of sp³-hybridized carbons (Fsp3) is 0.211. The third-order valence-corrected chi connectivity index (χ3v) is 5.12. The van der Waals surface area contributed by atoms with Gasteiger partial charge in [0.2, 0.25) is 0 Å². The van der Waals surface area contributed by atoms with Gasteiger partial charge in [0.25, 0.3) is 11.8 Å². The number of hydrogen-bond acceptors (Lipinski definition) is 5. The van der Waals surface area contributed by atoms with Crippen LogP contribution in [0.15, 0.2) is 51.8 Å². The lowest BCUT2D eigenvalue weighted by molar-refractivity contribution is -0.146. The highest BCUT2D eigenvalue weighted by atomic mass is 79.9. The molecule has 0 unspecified atom stereocenters. The van der Waals surface area contributed by atoms with Gasteiger partial charge in [0.05, 0.1) is 5.75 Å². The van der Waals surface area contributed by atoms with E-state index in [-0.39, 0.29) is 5.75 Å². The zero-order chi connectivity index (χ0) is 19.8. The van der Waals surface area contributed by atoms with E-state index >= 15 is 0 Å². The number of thioether (sulfide) groups is 1. The second kappa shape index (κ2) is 10.1. The van der Waals surface area contributed by atoms with E-state index in [2.05, 4.69) is 26.8 Å². The van der Waals surface area contributed by atoms with Crippen molar-refractivity contribution in [3.05, 3.63) is 63.6 Å². The molecule has 0 heterocycles. The minimum Gasteiger partial charge on any atom is -0.455 e. The number of carbonyl (C=O) groups excluding carboxylic acids is 3. The molecule has 142 valence electrons. The summed E-state index contributed by atoms with van der Waals surface area (Å²) in [5.74, 6) is -1.49. The molecule has 0 saturated carbocycles. The molecule has 0 saturated heterocycles. The number of hydrazine groups is 1. The first-order chi connectivity index (χ1) is 12.8. The largest absolute Gasteiger partial charge is 0.455 e. The van der Waals surface area contributed by atoms with E-state index in [9.17, 15) is 14.4 Å². The molecule has 0 aromatic heterocycles. The maximum Gasteiger partial charge on any atom is 0.316 e. The second-order valence-corrected chi connectivity index (χ2v) is 7.66. The molecular formula is C19H19BrN2O4S. The number of rotatable bonds is 6. The maximum absolute atomic E-state index is 11.9. The molecule has 2 aromatic carbocycles. The average molecular weight is 451 g/mol. The third kappa shape index (κ3) is 7.07. The fourth-order valence-electron chi connectivity index (χ4n) is 2.04. The number of benzene rings is 2. The van der Waals surface area contributed by atoms with Crippen LogP contribution in [0.5, 0.6) is 0 Å². The first kappa shape index (κ1) is 21.0. The minimum absolute atomic E-state index is 0.0888. The molecular weight excluding hydrogens is 432 g/mol.